The molecule has 8 heteroatoms. The van der Waals surface area contributed by atoms with E-state index in [1.807, 2.05) is 24.3 Å². The van der Waals surface area contributed by atoms with Gasteiger partial charge in [-0.05, 0) is 73.0 Å². The third-order valence-corrected chi connectivity index (χ3v) is 3.59. The summed E-state index contributed by atoms with van der Waals surface area (Å²) in [6.07, 6.45) is 0. The third-order valence-electron chi connectivity index (χ3n) is 2.55. The molecule has 0 atom stereocenters. The van der Waals surface area contributed by atoms with Gasteiger partial charge in [0.25, 0.3) is 10.3 Å². The van der Waals surface area contributed by atoms with Crippen LogP contribution < -0.4 is 10.6 Å². The van der Waals surface area contributed by atoms with E-state index in [4.69, 9.17) is 57.1 Å². The van der Waals surface area contributed by atoms with Crippen molar-refractivity contribution in [1.29, 1.82) is 0 Å². The third kappa shape index (κ3) is 8.31. The highest BCUT2D eigenvalue weighted by atomic mass is 35.5. The quantitative estimate of drug-likeness (QED) is 0.658. The van der Waals surface area contributed by atoms with Gasteiger partial charge in [0, 0.05) is 21.4 Å². The van der Waals surface area contributed by atoms with Gasteiger partial charge in [0.15, 0.2) is 0 Å². The van der Waals surface area contributed by atoms with E-state index in [2.05, 4.69) is 10.6 Å². The fourth-order valence-electron chi connectivity index (χ4n) is 1.40. The van der Waals surface area contributed by atoms with Crippen LogP contribution >= 0.6 is 47.6 Å². The van der Waals surface area contributed by atoms with Gasteiger partial charge < -0.3 is 20.1 Å². The highest BCUT2D eigenvalue weighted by Gasteiger charge is 1.95. The first kappa shape index (κ1) is 20.4. The molecule has 0 saturated carbocycles. The summed E-state index contributed by atoms with van der Waals surface area (Å²) in [4.78, 5) is 0. The van der Waals surface area contributed by atoms with Crippen molar-refractivity contribution in [3.05, 3.63) is 58.6 Å². The van der Waals surface area contributed by atoms with Crippen LogP contribution in [-0.2, 0) is 9.47 Å². The Bertz CT molecular complexity index is 605. The maximum absolute atomic E-state index is 5.69. The average Bonchev–Trinajstić information content (AvgIpc) is 2.59. The van der Waals surface area contributed by atoms with Gasteiger partial charge in [-0.25, -0.2) is 0 Å². The Morgan fingerprint density at radius 1 is 0.708 bits per heavy atom. The smallest absolute Gasteiger partial charge is 0.260 e. The van der Waals surface area contributed by atoms with Crippen molar-refractivity contribution in [3.63, 3.8) is 0 Å². The Balaban J connectivity index is 0.000000240. The normalized spacial score (nSPS) is 9.17. The monoisotopic (exact) mass is 402 g/mol. The lowest BCUT2D eigenvalue weighted by Crippen LogP contribution is -2.10. The molecule has 0 fully saturated rings. The van der Waals surface area contributed by atoms with Crippen molar-refractivity contribution < 1.29 is 9.47 Å². The number of hydrogen-bond donors (Lipinski definition) is 2. The minimum absolute atomic E-state index is 0.345. The maximum atomic E-state index is 5.69. The van der Waals surface area contributed by atoms with Gasteiger partial charge in [-0.2, -0.15) is 0 Å². The zero-order valence-corrected chi connectivity index (χ0v) is 16.2. The van der Waals surface area contributed by atoms with Gasteiger partial charge in [-0.1, -0.05) is 23.2 Å². The molecular formula is C16H16Cl2N2O2S2. The number of rotatable bonds is 2. The number of ether oxygens (including phenoxy) is 2. The van der Waals surface area contributed by atoms with Crippen LogP contribution in [0.25, 0.3) is 0 Å². The molecule has 0 amide bonds. The number of hydrogen-bond acceptors (Lipinski definition) is 4. The van der Waals surface area contributed by atoms with Crippen LogP contribution in [0.1, 0.15) is 0 Å². The highest BCUT2D eigenvalue weighted by molar-refractivity contribution is 7.80. The second-order valence-corrected chi connectivity index (χ2v) is 5.86. The molecule has 24 heavy (non-hydrogen) atoms. The first-order valence-electron chi connectivity index (χ1n) is 6.65. The molecule has 4 nitrogen and oxygen atoms in total. The van der Waals surface area contributed by atoms with Crippen LogP contribution in [0.15, 0.2) is 48.5 Å². The van der Waals surface area contributed by atoms with Gasteiger partial charge in [0.1, 0.15) is 0 Å². The van der Waals surface area contributed by atoms with Crippen molar-refractivity contribution in [2.45, 2.75) is 0 Å². The van der Waals surface area contributed by atoms with E-state index >= 15 is 0 Å². The molecule has 2 aromatic carbocycles. The van der Waals surface area contributed by atoms with E-state index in [1.165, 1.54) is 14.2 Å². The van der Waals surface area contributed by atoms with E-state index < -0.39 is 0 Å². The molecule has 2 aromatic rings. The van der Waals surface area contributed by atoms with E-state index in [-0.39, 0.29) is 0 Å². The lowest BCUT2D eigenvalue weighted by Gasteiger charge is -2.05. The number of halogens is 2. The first-order chi connectivity index (χ1) is 11.4. The lowest BCUT2D eigenvalue weighted by molar-refractivity contribution is 0.413. The molecule has 0 aliphatic heterocycles. The number of anilines is 2. The zero-order valence-electron chi connectivity index (χ0n) is 13.0. The predicted molar refractivity (Wildman–Crippen MR) is 109 cm³/mol. The summed E-state index contributed by atoms with van der Waals surface area (Å²) in [7, 11) is 3.04. The Morgan fingerprint density at radius 3 is 1.25 bits per heavy atom. The molecule has 0 bridgehead atoms. The van der Waals surface area contributed by atoms with Gasteiger partial charge in [-0.15, -0.1) is 0 Å². The Morgan fingerprint density at radius 2 is 1.00 bits per heavy atom. The minimum atomic E-state index is 0.345. The fraction of sp³-hybridized carbons (Fsp3) is 0.125. The van der Waals surface area contributed by atoms with Crippen molar-refractivity contribution in [2.75, 3.05) is 24.9 Å². The van der Waals surface area contributed by atoms with E-state index in [1.54, 1.807) is 24.3 Å². The summed E-state index contributed by atoms with van der Waals surface area (Å²) in [6, 6.07) is 14.4. The summed E-state index contributed by atoms with van der Waals surface area (Å²) in [5, 5.41) is 7.82. The van der Waals surface area contributed by atoms with E-state index in [0.717, 1.165) is 11.4 Å². The maximum Gasteiger partial charge on any atom is 0.260 e. The van der Waals surface area contributed by atoms with Crippen molar-refractivity contribution in [3.8, 4) is 0 Å². The molecule has 0 unspecified atom stereocenters. The summed E-state index contributed by atoms with van der Waals surface area (Å²) in [6.45, 7) is 0. The highest BCUT2D eigenvalue weighted by Crippen LogP contribution is 2.14. The topological polar surface area (TPSA) is 42.5 Å². The van der Waals surface area contributed by atoms with Crippen molar-refractivity contribution >= 4 is 69.4 Å². The summed E-state index contributed by atoms with van der Waals surface area (Å²) < 4.78 is 9.54. The van der Waals surface area contributed by atoms with Crippen LogP contribution in [-0.4, -0.2) is 24.6 Å². The van der Waals surface area contributed by atoms with Gasteiger partial charge >= 0.3 is 0 Å². The molecule has 0 heterocycles. The van der Waals surface area contributed by atoms with Crippen LogP contribution in [0, 0.1) is 0 Å². The molecule has 0 aliphatic rings. The predicted octanol–water partition coefficient (Wildman–Crippen LogP) is 5.37. The molecule has 2 N–H and O–H groups in total. The SMILES string of the molecule is COC(=S)Nc1ccc(Cl)cc1.COC(=S)Nc1ccc(Cl)cc1. The van der Waals surface area contributed by atoms with Crippen LogP contribution in [0.2, 0.25) is 10.0 Å². The van der Waals surface area contributed by atoms with Crippen LogP contribution in [0.3, 0.4) is 0 Å². The lowest BCUT2D eigenvalue weighted by atomic mass is 10.3. The number of nitrogens with one attached hydrogen (secondary N) is 2. The second kappa shape index (κ2) is 11.0. The molecular weight excluding hydrogens is 387 g/mol. The van der Waals surface area contributed by atoms with Gasteiger partial charge in [-0.3, -0.25) is 0 Å². The van der Waals surface area contributed by atoms with Crippen LogP contribution in [0.5, 0.6) is 0 Å². The summed E-state index contributed by atoms with van der Waals surface area (Å²) in [5.41, 5.74) is 1.73. The Hall–Kier alpha value is -1.60. The standard InChI is InChI=1S/2C8H8ClNOS/c2*1-11-8(12)10-7-4-2-6(9)3-5-7/h2*2-5H,1H3,(H,10,12). The number of benzene rings is 2. The van der Waals surface area contributed by atoms with Crippen LogP contribution in [0.4, 0.5) is 11.4 Å². The van der Waals surface area contributed by atoms with E-state index in [0.29, 0.717) is 20.4 Å². The molecule has 0 aliphatic carbocycles. The first-order valence-corrected chi connectivity index (χ1v) is 8.23. The second-order valence-electron chi connectivity index (χ2n) is 4.25. The molecule has 0 spiro atoms. The number of methoxy groups -OCH3 is 2. The summed E-state index contributed by atoms with van der Waals surface area (Å²) >= 11 is 21.0. The van der Waals surface area contributed by atoms with Crippen molar-refractivity contribution in [2.24, 2.45) is 0 Å². The zero-order chi connectivity index (χ0) is 17.9. The molecule has 0 saturated heterocycles. The van der Waals surface area contributed by atoms with Gasteiger partial charge in [0.2, 0.25) is 0 Å². The van der Waals surface area contributed by atoms with Gasteiger partial charge in [0.05, 0.1) is 14.2 Å². The summed E-state index contributed by atoms with van der Waals surface area (Å²) in [5.74, 6) is 0. The minimum Gasteiger partial charge on any atom is -0.474 e. The Labute approximate surface area is 162 Å². The molecule has 0 aromatic heterocycles. The fourth-order valence-corrected chi connectivity index (χ4v) is 1.89. The largest absolute Gasteiger partial charge is 0.474 e. The molecule has 2 rings (SSSR count). The average molecular weight is 403 g/mol. The number of thiocarbonyl (C=S) groups is 2. The Kier molecular flexibility index (Phi) is 9.41. The molecule has 0 radical (unpaired) electrons. The van der Waals surface area contributed by atoms with Crippen molar-refractivity contribution in [1.82, 2.24) is 0 Å². The van der Waals surface area contributed by atoms with E-state index in [9.17, 15) is 0 Å². The molecule has 128 valence electrons.